The average molecular weight is 305 g/mol. The fourth-order valence-corrected chi connectivity index (χ4v) is 2.95. The Labute approximate surface area is 128 Å². The molecule has 3 aromatic rings. The van der Waals surface area contributed by atoms with Gasteiger partial charge < -0.3 is 13.8 Å². The maximum absolute atomic E-state index is 6.44. The van der Waals surface area contributed by atoms with Crippen molar-refractivity contribution < 1.29 is 9.26 Å². The Morgan fingerprint density at radius 3 is 2.81 bits per heavy atom. The van der Waals surface area contributed by atoms with Gasteiger partial charge in [0.2, 0.25) is 0 Å². The monoisotopic (exact) mass is 304 g/mol. The minimum Gasteiger partial charge on any atom is -0.383 e. The van der Waals surface area contributed by atoms with Crippen LogP contribution < -0.4 is 0 Å². The first-order valence-electron chi connectivity index (χ1n) is 6.82. The van der Waals surface area contributed by atoms with Crippen molar-refractivity contribution in [1.82, 2.24) is 9.72 Å². The predicted molar refractivity (Wildman–Crippen MR) is 83.8 cm³/mol. The summed E-state index contributed by atoms with van der Waals surface area (Å²) < 4.78 is 12.6. The van der Waals surface area contributed by atoms with Crippen molar-refractivity contribution in [3.8, 4) is 11.1 Å². The van der Waals surface area contributed by atoms with Crippen LogP contribution in [0.1, 0.15) is 11.5 Å². The van der Waals surface area contributed by atoms with E-state index in [2.05, 4.69) is 15.8 Å². The molecule has 0 aliphatic carbocycles. The number of benzene rings is 1. The van der Waals surface area contributed by atoms with E-state index in [1.165, 1.54) is 0 Å². The molecule has 0 saturated heterocycles. The third kappa shape index (κ3) is 2.45. The third-order valence-corrected chi connectivity index (χ3v) is 4.01. The maximum atomic E-state index is 6.44. The summed E-state index contributed by atoms with van der Waals surface area (Å²) in [6.45, 7) is 5.31. The van der Waals surface area contributed by atoms with Crippen molar-refractivity contribution in [2.75, 3.05) is 13.7 Å². The van der Waals surface area contributed by atoms with E-state index in [4.69, 9.17) is 20.9 Å². The molecule has 3 rings (SSSR count). The van der Waals surface area contributed by atoms with E-state index >= 15 is 0 Å². The van der Waals surface area contributed by atoms with Crippen LogP contribution in [-0.4, -0.2) is 23.4 Å². The van der Waals surface area contributed by atoms with Gasteiger partial charge in [-0.05, 0) is 37.6 Å². The number of aryl methyl sites for hydroxylation is 2. The highest BCUT2D eigenvalue weighted by Gasteiger charge is 2.15. The third-order valence-electron chi connectivity index (χ3n) is 3.70. The number of halogens is 1. The SMILES string of the molecule is COCCn1ccc2c(Cl)cc(-c3c(C)noc3C)cc21. The van der Waals surface area contributed by atoms with E-state index in [1.807, 2.05) is 32.2 Å². The minimum atomic E-state index is 0.664. The molecule has 0 spiro atoms. The van der Waals surface area contributed by atoms with Gasteiger partial charge in [0.25, 0.3) is 0 Å². The van der Waals surface area contributed by atoms with Gasteiger partial charge in [-0.2, -0.15) is 0 Å². The zero-order valence-corrected chi connectivity index (χ0v) is 13.1. The molecule has 0 fully saturated rings. The molecule has 1 aromatic carbocycles. The van der Waals surface area contributed by atoms with Gasteiger partial charge in [0, 0.05) is 30.8 Å². The molecule has 2 aromatic heterocycles. The zero-order valence-electron chi connectivity index (χ0n) is 12.3. The highest BCUT2D eigenvalue weighted by atomic mass is 35.5. The van der Waals surface area contributed by atoms with E-state index in [9.17, 15) is 0 Å². The van der Waals surface area contributed by atoms with Crippen molar-refractivity contribution >= 4 is 22.5 Å². The molecular weight excluding hydrogens is 288 g/mol. The van der Waals surface area contributed by atoms with Gasteiger partial charge in [0.15, 0.2) is 0 Å². The molecule has 0 bridgehead atoms. The second-order valence-electron chi connectivity index (χ2n) is 5.09. The lowest BCUT2D eigenvalue weighted by molar-refractivity contribution is 0.188. The lowest BCUT2D eigenvalue weighted by Gasteiger charge is -2.08. The number of hydrogen-bond donors (Lipinski definition) is 0. The number of aromatic nitrogens is 2. The Kier molecular flexibility index (Phi) is 3.74. The molecule has 0 aliphatic heterocycles. The molecular formula is C16H17ClN2O2. The first-order valence-corrected chi connectivity index (χ1v) is 7.20. The summed E-state index contributed by atoms with van der Waals surface area (Å²) in [6.07, 6.45) is 2.03. The van der Waals surface area contributed by atoms with Gasteiger partial charge in [-0.3, -0.25) is 0 Å². The van der Waals surface area contributed by atoms with Crippen LogP contribution in [0.3, 0.4) is 0 Å². The topological polar surface area (TPSA) is 40.2 Å². The van der Waals surface area contributed by atoms with Crippen LogP contribution in [0.5, 0.6) is 0 Å². The van der Waals surface area contributed by atoms with Crippen LogP contribution in [-0.2, 0) is 11.3 Å². The molecule has 0 unspecified atom stereocenters. The van der Waals surface area contributed by atoms with E-state index in [0.29, 0.717) is 6.61 Å². The van der Waals surface area contributed by atoms with Crippen molar-refractivity contribution in [1.29, 1.82) is 0 Å². The van der Waals surface area contributed by atoms with Crippen LogP contribution in [0.4, 0.5) is 0 Å². The molecule has 0 saturated carbocycles. The first-order chi connectivity index (χ1) is 10.1. The summed E-state index contributed by atoms with van der Waals surface area (Å²) in [6, 6.07) is 6.13. The highest BCUT2D eigenvalue weighted by Crippen LogP contribution is 2.34. The van der Waals surface area contributed by atoms with Crippen LogP contribution >= 0.6 is 11.6 Å². The molecule has 110 valence electrons. The standard InChI is InChI=1S/C16H17ClN2O2/c1-10-16(11(2)21-18-10)12-8-14(17)13-4-5-19(6-7-20-3)15(13)9-12/h4-5,8-9H,6-7H2,1-3H3. The van der Waals surface area contributed by atoms with Gasteiger partial charge in [-0.15, -0.1) is 0 Å². The van der Waals surface area contributed by atoms with Crippen LogP contribution in [0.2, 0.25) is 5.02 Å². The summed E-state index contributed by atoms with van der Waals surface area (Å²) >= 11 is 6.44. The van der Waals surface area contributed by atoms with Crippen molar-refractivity contribution in [3.63, 3.8) is 0 Å². The molecule has 0 N–H and O–H groups in total. The van der Waals surface area contributed by atoms with Crippen molar-refractivity contribution in [3.05, 3.63) is 40.9 Å². The molecule has 0 amide bonds. The van der Waals surface area contributed by atoms with Crippen LogP contribution in [0.15, 0.2) is 28.9 Å². The van der Waals surface area contributed by atoms with E-state index in [-0.39, 0.29) is 0 Å². The number of fused-ring (bicyclic) bond motifs is 1. The maximum Gasteiger partial charge on any atom is 0.141 e. The Bertz CT molecular complexity index is 770. The second kappa shape index (κ2) is 5.54. The number of nitrogens with zero attached hydrogens (tertiary/aromatic N) is 2. The summed E-state index contributed by atoms with van der Waals surface area (Å²) in [4.78, 5) is 0. The summed E-state index contributed by atoms with van der Waals surface area (Å²) in [7, 11) is 1.70. The Hall–Kier alpha value is -1.78. The van der Waals surface area contributed by atoms with Crippen LogP contribution in [0, 0.1) is 13.8 Å². The van der Waals surface area contributed by atoms with Crippen molar-refractivity contribution in [2.45, 2.75) is 20.4 Å². The normalized spacial score (nSPS) is 11.4. The highest BCUT2D eigenvalue weighted by molar-refractivity contribution is 6.35. The zero-order chi connectivity index (χ0) is 15.0. The molecule has 0 radical (unpaired) electrons. The first kappa shape index (κ1) is 14.2. The average Bonchev–Trinajstić information content (AvgIpc) is 3.00. The largest absolute Gasteiger partial charge is 0.383 e. The van der Waals surface area contributed by atoms with Gasteiger partial charge in [0.1, 0.15) is 5.76 Å². The quantitative estimate of drug-likeness (QED) is 0.725. The fraction of sp³-hybridized carbons (Fsp3) is 0.312. The second-order valence-corrected chi connectivity index (χ2v) is 5.50. The van der Waals surface area contributed by atoms with Gasteiger partial charge in [0.05, 0.1) is 22.8 Å². The summed E-state index contributed by atoms with van der Waals surface area (Å²) in [5.74, 6) is 0.804. The molecule has 5 heteroatoms. The molecule has 21 heavy (non-hydrogen) atoms. The predicted octanol–water partition coefficient (Wildman–Crippen LogP) is 4.21. The summed E-state index contributed by atoms with van der Waals surface area (Å²) in [5.41, 5.74) is 4.01. The van der Waals surface area contributed by atoms with E-state index in [0.717, 1.165) is 45.1 Å². The number of rotatable bonds is 4. The minimum absolute atomic E-state index is 0.664. The number of hydrogen-bond acceptors (Lipinski definition) is 3. The molecule has 0 aliphatic rings. The molecule has 0 atom stereocenters. The van der Waals surface area contributed by atoms with Crippen molar-refractivity contribution in [2.24, 2.45) is 0 Å². The lowest BCUT2D eigenvalue weighted by Crippen LogP contribution is -2.02. The Morgan fingerprint density at radius 1 is 1.33 bits per heavy atom. The smallest absolute Gasteiger partial charge is 0.141 e. The van der Waals surface area contributed by atoms with Gasteiger partial charge >= 0.3 is 0 Å². The number of ether oxygens (including phenoxy) is 1. The van der Waals surface area contributed by atoms with E-state index in [1.54, 1.807) is 7.11 Å². The fourth-order valence-electron chi connectivity index (χ4n) is 2.67. The van der Waals surface area contributed by atoms with E-state index < -0.39 is 0 Å². The lowest BCUT2D eigenvalue weighted by atomic mass is 10.0. The Morgan fingerprint density at radius 2 is 2.14 bits per heavy atom. The Balaban J connectivity index is 2.17. The van der Waals surface area contributed by atoms with Gasteiger partial charge in [-0.1, -0.05) is 16.8 Å². The van der Waals surface area contributed by atoms with Crippen LogP contribution in [0.25, 0.3) is 22.0 Å². The molecule has 2 heterocycles. The number of methoxy groups -OCH3 is 1. The molecule has 4 nitrogen and oxygen atoms in total. The summed E-state index contributed by atoms with van der Waals surface area (Å²) in [5, 5.41) is 5.80. The van der Waals surface area contributed by atoms with Gasteiger partial charge in [-0.25, -0.2) is 0 Å².